The molecule has 0 aliphatic heterocycles. The van der Waals surface area contributed by atoms with E-state index < -0.39 is 12.1 Å². The zero-order valence-electron chi connectivity index (χ0n) is 7.52. The summed E-state index contributed by atoms with van der Waals surface area (Å²) in [5, 5.41) is 0.114. The van der Waals surface area contributed by atoms with E-state index >= 15 is 0 Å². The number of carbonyl (C=O) groups excluding carboxylic acids is 1. The molecule has 1 aromatic heterocycles. The first-order valence-corrected chi connectivity index (χ1v) is 6.03. The molecule has 1 heterocycles. The molecule has 0 atom stereocenters. The predicted octanol–water partition coefficient (Wildman–Crippen LogP) is 3.29. The fourth-order valence-corrected chi connectivity index (χ4v) is 1.87. The molecule has 0 radical (unpaired) electrons. The Balaban J connectivity index is 3.31. The third kappa shape index (κ3) is 3.30. The lowest BCUT2D eigenvalue weighted by atomic mass is 10.2. The van der Waals surface area contributed by atoms with Crippen molar-refractivity contribution in [3.05, 3.63) is 21.0 Å². The third-order valence-corrected chi connectivity index (χ3v) is 3.04. The highest BCUT2D eigenvalue weighted by Crippen LogP contribution is 2.32. The topological polar surface area (TPSA) is 39.2 Å². The van der Waals surface area contributed by atoms with E-state index in [-0.39, 0.29) is 20.2 Å². The maximum Gasteiger partial charge on any atom is 0.573 e. The van der Waals surface area contributed by atoms with Crippen LogP contribution in [0.2, 0.25) is 0 Å². The van der Waals surface area contributed by atoms with Gasteiger partial charge in [0.25, 0.3) is 0 Å². The average molecular weight is 410 g/mol. The Labute approximate surface area is 111 Å². The average Bonchev–Trinajstić information content (AvgIpc) is 2.16. The number of hydrogen-bond acceptors (Lipinski definition) is 3. The quantitative estimate of drug-likeness (QED) is 0.333. The molecular weight excluding hydrogens is 406 g/mol. The third-order valence-electron chi connectivity index (χ3n) is 1.57. The van der Waals surface area contributed by atoms with Crippen molar-refractivity contribution < 1.29 is 22.7 Å². The van der Waals surface area contributed by atoms with E-state index in [4.69, 9.17) is 0 Å². The molecule has 0 amide bonds. The molecule has 0 aromatic carbocycles. The van der Waals surface area contributed by atoms with Gasteiger partial charge >= 0.3 is 6.36 Å². The van der Waals surface area contributed by atoms with Gasteiger partial charge in [-0.25, -0.2) is 4.98 Å². The molecule has 3 nitrogen and oxygen atoms in total. The summed E-state index contributed by atoms with van der Waals surface area (Å²) in [4.78, 5) is 14.5. The van der Waals surface area contributed by atoms with E-state index in [9.17, 15) is 18.0 Å². The van der Waals surface area contributed by atoms with Gasteiger partial charge < -0.3 is 4.74 Å². The maximum atomic E-state index is 12.1. The summed E-state index contributed by atoms with van der Waals surface area (Å²) >= 11 is 4.66. The second kappa shape index (κ2) is 5.30. The standard InChI is InChI=1S/C8H4BrF3INO2/c9-1-4-2-14-7(13)5(3-15)6(4)16-8(10,11)12/h2-3H,1H2. The number of halogens is 5. The van der Waals surface area contributed by atoms with Gasteiger partial charge in [0.15, 0.2) is 6.29 Å². The normalized spacial score (nSPS) is 11.3. The Hall–Kier alpha value is -0.380. The van der Waals surface area contributed by atoms with Gasteiger partial charge in [-0.1, -0.05) is 15.9 Å². The van der Waals surface area contributed by atoms with Crippen molar-refractivity contribution >= 4 is 44.8 Å². The first-order valence-electron chi connectivity index (χ1n) is 3.83. The number of aldehydes is 1. The van der Waals surface area contributed by atoms with E-state index in [0.29, 0.717) is 6.29 Å². The first kappa shape index (κ1) is 13.7. The van der Waals surface area contributed by atoms with Gasteiger partial charge in [0, 0.05) is 17.1 Å². The van der Waals surface area contributed by atoms with Crippen LogP contribution >= 0.6 is 38.5 Å². The molecule has 16 heavy (non-hydrogen) atoms. The smallest absolute Gasteiger partial charge is 0.405 e. The van der Waals surface area contributed by atoms with E-state index in [0.717, 1.165) is 0 Å². The lowest BCUT2D eigenvalue weighted by Crippen LogP contribution is -2.19. The van der Waals surface area contributed by atoms with Crippen molar-refractivity contribution in [2.45, 2.75) is 11.7 Å². The number of aromatic nitrogens is 1. The van der Waals surface area contributed by atoms with Gasteiger partial charge in [0.2, 0.25) is 0 Å². The number of carbonyl (C=O) groups is 1. The fraction of sp³-hybridized carbons (Fsp3) is 0.250. The highest BCUT2D eigenvalue weighted by Gasteiger charge is 2.33. The number of nitrogens with zero attached hydrogens (tertiary/aromatic N) is 1. The Morgan fingerprint density at radius 3 is 2.62 bits per heavy atom. The van der Waals surface area contributed by atoms with Crippen molar-refractivity contribution in [3.8, 4) is 5.75 Å². The van der Waals surface area contributed by atoms with Crippen LogP contribution in [0, 0.1) is 3.70 Å². The lowest BCUT2D eigenvalue weighted by Gasteiger charge is -2.14. The second-order valence-corrected chi connectivity index (χ2v) is 4.20. The van der Waals surface area contributed by atoms with Crippen LogP contribution in [-0.4, -0.2) is 17.6 Å². The Bertz CT molecular complexity index is 411. The predicted molar refractivity (Wildman–Crippen MR) is 61.7 cm³/mol. The molecular formula is C8H4BrF3INO2. The highest BCUT2D eigenvalue weighted by atomic mass is 127. The lowest BCUT2D eigenvalue weighted by molar-refractivity contribution is -0.275. The molecule has 0 spiro atoms. The van der Waals surface area contributed by atoms with Crippen LogP contribution in [0.1, 0.15) is 15.9 Å². The molecule has 0 fully saturated rings. The first-order chi connectivity index (χ1) is 7.39. The van der Waals surface area contributed by atoms with Gasteiger partial charge in [-0.15, -0.1) is 13.2 Å². The van der Waals surface area contributed by atoms with Crippen molar-refractivity contribution in [1.82, 2.24) is 4.98 Å². The van der Waals surface area contributed by atoms with Crippen LogP contribution in [0.25, 0.3) is 0 Å². The Morgan fingerprint density at radius 2 is 2.19 bits per heavy atom. The number of pyridine rings is 1. The van der Waals surface area contributed by atoms with Crippen LogP contribution in [-0.2, 0) is 5.33 Å². The Morgan fingerprint density at radius 1 is 1.56 bits per heavy atom. The van der Waals surface area contributed by atoms with Crippen LogP contribution in [0.5, 0.6) is 5.75 Å². The number of ether oxygens (including phenoxy) is 1. The summed E-state index contributed by atoms with van der Waals surface area (Å²) in [5.74, 6) is -0.501. The number of rotatable bonds is 3. The van der Waals surface area contributed by atoms with E-state index in [2.05, 4.69) is 25.7 Å². The van der Waals surface area contributed by atoms with Crippen molar-refractivity contribution in [1.29, 1.82) is 0 Å². The van der Waals surface area contributed by atoms with E-state index in [1.807, 2.05) is 0 Å². The molecule has 0 saturated carbocycles. The van der Waals surface area contributed by atoms with E-state index in [1.54, 1.807) is 22.6 Å². The summed E-state index contributed by atoms with van der Waals surface area (Å²) in [6.45, 7) is 0. The molecule has 88 valence electrons. The summed E-state index contributed by atoms with van der Waals surface area (Å²) in [5.41, 5.74) is -0.0327. The van der Waals surface area contributed by atoms with Crippen molar-refractivity contribution in [2.24, 2.45) is 0 Å². The minimum Gasteiger partial charge on any atom is -0.405 e. The SMILES string of the molecule is O=Cc1c(I)ncc(CBr)c1OC(F)(F)F. The largest absolute Gasteiger partial charge is 0.573 e. The summed E-state index contributed by atoms with van der Waals surface area (Å²) in [6.07, 6.45) is -3.31. The number of hydrogen-bond donors (Lipinski definition) is 0. The van der Waals surface area contributed by atoms with Gasteiger partial charge in [-0.3, -0.25) is 4.79 Å². The Kier molecular flexibility index (Phi) is 4.53. The van der Waals surface area contributed by atoms with Gasteiger partial charge in [0.05, 0.1) is 5.56 Å². The fourth-order valence-electron chi connectivity index (χ4n) is 0.963. The highest BCUT2D eigenvalue weighted by molar-refractivity contribution is 14.1. The summed E-state index contributed by atoms with van der Waals surface area (Å²) in [6, 6.07) is 0. The molecule has 0 unspecified atom stereocenters. The van der Waals surface area contributed by atoms with Crippen LogP contribution in [0.15, 0.2) is 6.20 Å². The molecule has 0 aliphatic carbocycles. The molecule has 0 N–H and O–H groups in total. The molecule has 1 rings (SSSR count). The van der Waals surface area contributed by atoms with Crippen LogP contribution < -0.4 is 4.74 Å². The maximum absolute atomic E-state index is 12.1. The zero-order chi connectivity index (χ0) is 12.3. The minimum absolute atomic E-state index is 0.114. The van der Waals surface area contributed by atoms with Gasteiger partial charge in [-0.05, 0) is 22.6 Å². The zero-order valence-corrected chi connectivity index (χ0v) is 11.3. The minimum atomic E-state index is -4.83. The second-order valence-electron chi connectivity index (χ2n) is 2.62. The molecule has 0 aliphatic rings. The molecule has 1 aromatic rings. The van der Waals surface area contributed by atoms with Crippen LogP contribution in [0.3, 0.4) is 0 Å². The molecule has 8 heteroatoms. The van der Waals surface area contributed by atoms with Gasteiger partial charge in [-0.2, -0.15) is 0 Å². The van der Waals surface area contributed by atoms with Crippen molar-refractivity contribution in [3.63, 3.8) is 0 Å². The summed E-state index contributed by atoms with van der Waals surface area (Å²) < 4.78 is 40.4. The van der Waals surface area contributed by atoms with Crippen molar-refractivity contribution in [2.75, 3.05) is 0 Å². The van der Waals surface area contributed by atoms with Gasteiger partial charge in [0.1, 0.15) is 9.45 Å². The molecule has 0 saturated heterocycles. The molecule has 0 bridgehead atoms. The number of alkyl halides is 4. The summed E-state index contributed by atoms with van der Waals surface area (Å²) in [7, 11) is 0. The monoisotopic (exact) mass is 409 g/mol. The van der Waals surface area contributed by atoms with Crippen LogP contribution in [0.4, 0.5) is 13.2 Å². The van der Waals surface area contributed by atoms with E-state index in [1.165, 1.54) is 6.20 Å².